The number of pyridine rings is 1. The highest BCUT2D eigenvalue weighted by Gasteiger charge is 2.14. The summed E-state index contributed by atoms with van der Waals surface area (Å²) in [5.41, 5.74) is 3.07. The normalized spacial score (nSPS) is 11.8. The molecule has 0 amide bonds. The Bertz CT molecular complexity index is 1090. The molecule has 3 rings (SSSR count). The van der Waals surface area contributed by atoms with Crippen LogP contribution in [-0.2, 0) is 16.4 Å². The molecule has 0 bridgehead atoms. The topological polar surface area (TPSA) is 79.0 Å². The molecule has 0 aliphatic heterocycles. The summed E-state index contributed by atoms with van der Waals surface area (Å²) in [5, 5.41) is 0.941. The van der Waals surface area contributed by atoms with Crippen LogP contribution >= 0.6 is 0 Å². The molecule has 1 heterocycles. The maximum Gasteiger partial charge on any atom is 0.251 e. The van der Waals surface area contributed by atoms with Crippen LogP contribution in [0.2, 0.25) is 0 Å². The Balaban J connectivity index is 1.77. The van der Waals surface area contributed by atoms with Gasteiger partial charge >= 0.3 is 0 Å². The fourth-order valence-corrected chi connectivity index (χ4v) is 3.94. The van der Waals surface area contributed by atoms with Gasteiger partial charge in [-0.05, 0) is 55.0 Å². The number of sulfonamides is 1. The number of aromatic nitrogens is 1. The van der Waals surface area contributed by atoms with Gasteiger partial charge in [0.05, 0.1) is 10.4 Å². The van der Waals surface area contributed by atoms with Crippen LogP contribution in [0.4, 0.5) is 0 Å². The fraction of sp³-hybridized carbons (Fsp3) is 0.211. The maximum absolute atomic E-state index is 12.3. The van der Waals surface area contributed by atoms with Crippen LogP contribution < -0.4 is 10.3 Å². The predicted molar refractivity (Wildman–Crippen MR) is 99.4 cm³/mol. The highest BCUT2D eigenvalue weighted by Crippen LogP contribution is 2.15. The van der Waals surface area contributed by atoms with E-state index in [1.54, 1.807) is 18.2 Å². The van der Waals surface area contributed by atoms with Gasteiger partial charge in [0, 0.05) is 12.1 Å². The average molecular weight is 356 g/mol. The third-order valence-electron chi connectivity index (χ3n) is 4.15. The van der Waals surface area contributed by atoms with E-state index in [1.807, 2.05) is 44.2 Å². The van der Waals surface area contributed by atoms with Crippen molar-refractivity contribution in [3.8, 4) is 0 Å². The van der Waals surface area contributed by atoms with Crippen molar-refractivity contribution in [2.45, 2.75) is 25.2 Å². The smallest absolute Gasteiger partial charge is 0.251 e. The molecule has 0 aliphatic rings. The summed E-state index contributed by atoms with van der Waals surface area (Å²) in [6, 6.07) is 14.3. The van der Waals surface area contributed by atoms with Crippen LogP contribution in [0.3, 0.4) is 0 Å². The first-order valence-corrected chi connectivity index (χ1v) is 9.53. The van der Waals surface area contributed by atoms with E-state index in [2.05, 4.69) is 9.71 Å². The summed E-state index contributed by atoms with van der Waals surface area (Å²) in [6.07, 6.45) is 0.324. The van der Waals surface area contributed by atoms with E-state index in [4.69, 9.17) is 0 Å². The standard InChI is InChI=1S/C19H20N2O3S/c1-13-5-3-8-17(11-13)25(23,24)20-10-9-16-12-15-7-4-6-14(2)18(15)21-19(16)22/h3-8,11-12,20H,9-10H2,1-2H3,(H,21,22). The molecule has 130 valence electrons. The molecule has 0 saturated carbocycles. The van der Waals surface area contributed by atoms with Crippen LogP contribution in [0.25, 0.3) is 10.9 Å². The minimum absolute atomic E-state index is 0.163. The Morgan fingerprint density at radius 3 is 2.56 bits per heavy atom. The number of hydrogen-bond donors (Lipinski definition) is 2. The van der Waals surface area contributed by atoms with Crippen molar-refractivity contribution >= 4 is 20.9 Å². The van der Waals surface area contributed by atoms with E-state index in [1.165, 1.54) is 0 Å². The third kappa shape index (κ3) is 3.81. The highest BCUT2D eigenvalue weighted by molar-refractivity contribution is 7.89. The number of nitrogens with one attached hydrogen (secondary N) is 2. The molecule has 0 saturated heterocycles. The Labute approximate surface area is 146 Å². The van der Waals surface area contributed by atoms with Crippen molar-refractivity contribution in [3.05, 3.63) is 75.6 Å². The second-order valence-corrected chi connectivity index (χ2v) is 7.89. The molecular weight excluding hydrogens is 336 g/mol. The van der Waals surface area contributed by atoms with Gasteiger partial charge in [0.15, 0.2) is 0 Å². The van der Waals surface area contributed by atoms with E-state index in [0.29, 0.717) is 12.0 Å². The summed E-state index contributed by atoms with van der Waals surface area (Å²) in [7, 11) is -3.58. The van der Waals surface area contributed by atoms with E-state index >= 15 is 0 Å². The molecule has 3 aromatic rings. The van der Waals surface area contributed by atoms with Crippen molar-refractivity contribution in [1.29, 1.82) is 0 Å². The quantitative estimate of drug-likeness (QED) is 0.738. The lowest BCUT2D eigenvalue weighted by molar-refractivity contribution is 0.581. The third-order valence-corrected chi connectivity index (χ3v) is 5.61. The molecule has 0 fully saturated rings. The molecule has 0 atom stereocenters. The van der Waals surface area contributed by atoms with Crippen LogP contribution in [0.15, 0.2) is 58.2 Å². The van der Waals surface area contributed by atoms with Crippen molar-refractivity contribution in [1.82, 2.24) is 9.71 Å². The summed E-state index contributed by atoms with van der Waals surface area (Å²) in [5.74, 6) is 0. The lowest BCUT2D eigenvalue weighted by atomic mass is 10.1. The second-order valence-electron chi connectivity index (χ2n) is 6.13. The summed E-state index contributed by atoms with van der Waals surface area (Å²) in [4.78, 5) is 15.3. The van der Waals surface area contributed by atoms with Crippen molar-refractivity contribution in [3.63, 3.8) is 0 Å². The molecule has 5 nitrogen and oxygen atoms in total. The first-order chi connectivity index (χ1) is 11.9. The van der Waals surface area contributed by atoms with E-state index in [0.717, 1.165) is 22.0 Å². The molecule has 2 N–H and O–H groups in total. The Morgan fingerprint density at radius 1 is 1.04 bits per heavy atom. The minimum atomic E-state index is -3.58. The number of aromatic amines is 1. The molecule has 0 unspecified atom stereocenters. The number of para-hydroxylation sites is 1. The van der Waals surface area contributed by atoms with Gasteiger partial charge in [0.25, 0.3) is 5.56 Å². The molecule has 6 heteroatoms. The number of aryl methyl sites for hydroxylation is 2. The Hall–Kier alpha value is -2.44. The molecule has 0 radical (unpaired) electrons. The monoisotopic (exact) mass is 356 g/mol. The molecule has 0 spiro atoms. The van der Waals surface area contributed by atoms with Crippen LogP contribution in [-0.4, -0.2) is 19.9 Å². The SMILES string of the molecule is Cc1cccc(S(=O)(=O)NCCc2cc3cccc(C)c3[nH]c2=O)c1. The zero-order valence-electron chi connectivity index (χ0n) is 14.2. The van der Waals surface area contributed by atoms with E-state index < -0.39 is 10.0 Å². The summed E-state index contributed by atoms with van der Waals surface area (Å²) < 4.78 is 27.2. The van der Waals surface area contributed by atoms with Gasteiger partial charge in [-0.1, -0.05) is 30.3 Å². The summed E-state index contributed by atoms with van der Waals surface area (Å²) in [6.45, 7) is 3.94. The van der Waals surface area contributed by atoms with Crippen molar-refractivity contribution in [2.24, 2.45) is 0 Å². The van der Waals surface area contributed by atoms with Gasteiger partial charge in [0.2, 0.25) is 10.0 Å². The lowest BCUT2D eigenvalue weighted by Crippen LogP contribution is -2.27. The molecular formula is C19H20N2O3S. The fourth-order valence-electron chi connectivity index (χ4n) is 2.80. The van der Waals surface area contributed by atoms with Gasteiger partial charge in [-0.3, -0.25) is 4.79 Å². The Kier molecular flexibility index (Phi) is 4.74. The molecule has 1 aromatic heterocycles. The predicted octanol–water partition coefficient (Wildman–Crippen LogP) is 2.67. The van der Waals surface area contributed by atoms with Gasteiger partial charge in [-0.15, -0.1) is 0 Å². The van der Waals surface area contributed by atoms with Gasteiger partial charge in [-0.2, -0.15) is 0 Å². The minimum Gasteiger partial charge on any atom is -0.321 e. The largest absolute Gasteiger partial charge is 0.321 e. The van der Waals surface area contributed by atoms with Gasteiger partial charge in [-0.25, -0.2) is 13.1 Å². The van der Waals surface area contributed by atoms with Crippen molar-refractivity contribution in [2.75, 3.05) is 6.54 Å². The number of fused-ring (bicyclic) bond motifs is 1. The Morgan fingerprint density at radius 2 is 1.80 bits per heavy atom. The summed E-state index contributed by atoms with van der Waals surface area (Å²) >= 11 is 0. The second kappa shape index (κ2) is 6.82. The highest BCUT2D eigenvalue weighted by atomic mass is 32.2. The zero-order valence-corrected chi connectivity index (χ0v) is 15.0. The first kappa shape index (κ1) is 17.4. The van der Waals surface area contributed by atoms with Crippen LogP contribution in [0, 0.1) is 13.8 Å². The zero-order chi connectivity index (χ0) is 18.0. The molecule has 25 heavy (non-hydrogen) atoms. The van der Waals surface area contributed by atoms with Crippen LogP contribution in [0.1, 0.15) is 16.7 Å². The van der Waals surface area contributed by atoms with Gasteiger partial charge < -0.3 is 4.98 Å². The van der Waals surface area contributed by atoms with E-state index in [-0.39, 0.29) is 17.0 Å². The number of hydrogen-bond acceptors (Lipinski definition) is 3. The first-order valence-electron chi connectivity index (χ1n) is 8.05. The van der Waals surface area contributed by atoms with E-state index in [9.17, 15) is 13.2 Å². The average Bonchev–Trinajstić information content (AvgIpc) is 2.56. The molecule has 0 aliphatic carbocycles. The maximum atomic E-state index is 12.3. The number of H-pyrrole nitrogens is 1. The molecule has 2 aromatic carbocycles. The van der Waals surface area contributed by atoms with Crippen molar-refractivity contribution < 1.29 is 8.42 Å². The van der Waals surface area contributed by atoms with Gasteiger partial charge in [0.1, 0.15) is 0 Å². The lowest BCUT2D eigenvalue weighted by Gasteiger charge is -2.08. The number of rotatable bonds is 5. The van der Waals surface area contributed by atoms with Crippen LogP contribution in [0.5, 0.6) is 0 Å². The number of benzene rings is 2.